The van der Waals surface area contributed by atoms with Gasteiger partial charge in [0.05, 0.1) is 6.07 Å². The molecule has 21 heavy (non-hydrogen) atoms. The van der Waals surface area contributed by atoms with Crippen molar-refractivity contribution in [1.82, 2.24) is 10.2 Å². The lowest BCUT2D eigenvalue weighted by atomic mass is 9.96. The van der Waals surface area contributed by atoms with Gasteiger partial charge in [-0.15, -0.1) is 0 Å². The zero-order chi connectivity index (χ0) is 15.1. The molecule has 0 saturated heterocycles. The molecule has 114 valence electrons. The highest BCUT2D eigenvalue weighted by molar-refractivity contribution is 5.29. The third-order valence-electron chi connectivity index (χ3n) is 4.37. The van der Waals surface area contributed by atoms with Crippen LogP contribution in [0.2, 0.25) is 0 Å². The first kappa shape index (κ1) is 16.0. The van der Waals surface area contributed by atoms with Crippen molar-refractivity contribution in [1.29, 1.82) is 5.26 Å². The Labute approximate surface area is 129 Å². The highest BCUT2D eigenvalue weighted by Crippen LogP contribution is 2.19. The van der Waals surface area contributed by atoms with E-state index in [9.17, 15) is 5.26 Å². The van der Waals surface area contributed by atoms with E-state index in [4.69, 9.17) is 0 Å². The Morgan fingerprint density at radius 1 is 1.33 bits per heavy atom. The van der Waals surface area contributed by atoms with Crippen LogP contribution < -0.4 is 5.32 Å². The summed E-state index contributed by atoms with van der Waals surface area (Å²) in [6, 6.07) is 11.2. The number of hydrogen-bond donors (Lipinski definition) is 1. The number of nitrogens with zero attached hydrogens (tertiary/aromatic N) is 2. The van der Waals surface area contributed by atoms with Gasteiger partial charge in [-0.1, -0.05) is 31.2 Å². The van der Waals surface area contributed by atoms with Crippen molar-refractivity contribution in [3.05, 3.63) is 35.4 Å². The number of benzene rings is 1. The van der Waals surface area contributed by atoms with E-state index in [0.717, 1.165) is 51.9 Å². The van der Waals surface area contributed by atoms with E-state index in [-0.39, 0.29) is 5.54 Å². The maximum atomic E-state index is 9.35. The van der Waals surface area contributed by atoms with Crippen LogP contribution in [0.4, 0.5) is 0 Å². The second kappa shape index (κ2) is 7.59. The van der Waals surface area contributed by atoms with E-state index in [1.54, 1.807) is 0 Å². The Morgan fingerprint density at radius 2 is 2.10 bits per heavy atom. The van der Waals surface area contributed by atoms with Gasteiger partial charge in [0, 0.05) is 13.1 Å². The van der Waals surface area contributed by atoms with E-state index in [2.05, 4.69) is 47.5 Å². The molecule has 0 fully saturated rings. The molecule has 1 aromatic rings. The molecule has 0 amide bonds. The van der Waals surface area contributed by atoms with Crippen LogP contribution in [-0.4, -0.2) is 30.1 Å². The summed E-state index contributed by atoms with van der Waals surface area (Å²) < 4.78 is 0. The third kappa shape index (κ3) is 4.56. The van der Waals surface area contributed by atoms with Crippen LogP contribution in [0.25, 0.3) is 0 Å². The fraction of sp³-hybridized carbons (Fsp3) is 0.611. The van der Waals surface area contributed by atoms with Crippen LogP contribution in [0.1, 0.15) is 44.2 Å². The number of nitriles is 1. The van der Waals surface area contributed by atoms with E-state index >= 15 is 0 Å². The van der Waals surface area contributed by atoms with Gasteiger partial charge in [0.15, 0.2) is 0 Å². The molecular formula is C18H27N3. The van der Waals surface area contributed by atoms with Crippen LogP contribution in [0.3, 0.4) is 0 Å². The van der Waals surface area contributed by atoms with Gasteiger partial charge in [0.25, 0.3) is 0 Å². The number of nitrogens with one attached hydrogen (secondary N) is 1. The summed E-state index contributed by atoms with van der Waals surface area (Å²) in [6.07, 6.45) is 4.21. The number of fused-ring (bicyclic) bond motifs is 1. The molecule has 0 bridgehead atoms. The molecule has 1 unspecified atom stereocenters. The minimum absolute atomic E-state index is 0.371. The van der Waals surface area contributed by atoms with E-state index < -0.39 is 0 Å². The Balaban J connectivity index is 1.78. The minimum Gasteiger partial charge on any atom is -0.300 e. The molecule has 0 saturated carbocycles. The molecule has 1 aliphatic rings. The molecule has 3 heteroatoms. The molecule has 2 rings (SSSR count). The second-order valence-electron chi connectivity index (χ2n) is 6.27. The molecule has 1 aromatic carbocycles. The van der Waals surface area contributed by atoms with Gasteiger partial charge in [-0.25, -0.2) is 0 Å². The lowest BCUT2D eigenvalue weighted by Crippen LogP contribution is -2.42. The number of hydrogen-bond acceptors (Lipinski definition) is 3. The Hall–Kier alpha value is -1.37. The molecule has 1 heterocycles. The van der Waals surface area contributed by atoms with Gasteiger partial charge >= 0.3 is 0 Å². The summed E-state index contributed by atoms with van der Waals surface area (Å²) in [7, 11) is 0. The van der Waals surface area contributed by atoms with Gasteiger partial charge < -0.3 is 0 Å². The molecule has 0 aromatic heterocycles. The fourth-order valence-corrected chi connectivity index (χ4v) is 2.99. The molecule has 3 nitrogen and oxygen atoms in total. The monoisotopic (exact) mass is 285 g/mol. The minimum atomic E-state index is -0.371. The lowest BCUT2D eigenvalue weighted by molar-refractivity contribution is 0.240. The lowest BCUT2D eigenvalue weighted by Gasteiger charge is -2.30. The average molecular weight is 285 g/mol. The molecule has 0 radical (unpaired) electrons. The first-order chi connectivity index (χ1) is 10.2. The fourth-order valence-electron chi connectivity index (χ4n) is 2.99. The standard InChI is InChI=1S/C18H27N3/c1-3-11-20-18(2,15-19)10-6-12-21-13-9-16-7-4-5-8-17(16)14-21/h4-5,7-8,20H,3,6,9-14H2,1-2H3. The maximum Gasteiger partial charge on any atom is 0.103 e. The van der Waals surface area contributed by atoms with Gasteiger partial charge in [-0.2, -0.15) is 5.26 Å². The predicted molar refractivity (Wildman–Crippen MR) is 87.0 cm³/mol. The van der Waals surface area contributed by atoms with Crippen LogP contribution in [-0.2, 0) is 13.0 Å². The highest BCUT2D eigenvalue weighted by Gasteiger charge is 2.23. The van der Waals surface area contributed by atoms with Crippen LogP contribution >= 0.6 is 0 Å². The molecule has 1 atom stereocenters. The largest absolute Gasteiger partial charge is 0.300 e. The summed E-state index contributed by atoms with van der Waals surface area (Å²) >= 11 is 0. The third-order valence-corrected chi connectivity index (χ3v) is 4.37. The van der Waals surface area contributed by atoms with Crippen LogP contribution in [0.5, 0.6) is 0 Å². The van der Waals surface area contributed by atoms with Gasteiger partial charge in [0.1, 0.15) is 5.54 Å². The molecule has 1 aliphatic heterocycles. The molecular weight excluding hydrogens is 258 g/mol. The first-order valence-electron chi connectivity index (χ1n) is 8.12. The highest BCUT2D eigenvalue weighted by atomic mass is 15.1. The maximum absolute atomic E-state index is 9.35. The van der Waals surface area contributed by atoms with Crippen molar-refractivity contribution in [2.45, 2.75) is 51.6 Å². The smallest absolute Gasteiger partial charge is 0.103 e. The Kier molecular flexibility index (Phi) is 5.78. The summed E-state index contributed by atoms with van der Waals surface area (Å²) in [6.45, 7) is 8.36. The Bertz CT molecular complexity index is 491. The van der Waals surface area contributed by atoms with Gasteiger partial charge in [-0.05, 0) is 56.8 Å². The van der Waals surface area contributed by atoms with E-state index in [1.807, 2.05) is 6.92 Å². The van der Waals surface area contributed by atoms with Gasteiger partial charge in [-0.3, -0.25) is 10.2 Å². The van der Waals surface area contributed by atoms with Crippen molar-refractivity contribution < 1.29 is 0 Å². The van der Waals surface area contributed by atoms with Crippen molar-refractivity contribution >= 4 is 0 Å². The summed E-state index contributed by atoms with van der Waals surface area (Å²) in [5.41, 5.74) is 2.60. The van der Waals surface area contributed by atoms with Gasteiger partial charge in [0.2, 0.25) is 0 Å². The number of rotatable bonds is 7. The normalized spacial score (nSPS) is 17.8. The molecule has 0 aliphatic carbocycles. The van der Waals surface area contributed by atoms with E-state index in [1.165, 1.54) is 11.1 Å². The topological polar surface area (TPSA) is 39.1 Å². The summed E-state index contributed by atoms with van der Waals surface area (Å²) in [4.78, 5) is 2.51. The SMILES string of the molecule is CCCNC(C)(C#N)CCCN1CCc2ccccc2C1. The summed E-state index contributed by atoms with van der Waals surface area (Å²) in [5, 5.41) is 12.7. The van der Waals surface area contributed by atoms with Crippen LogP contribution in [0, 0.1) is 11.3 Å². The first-order valence-corrected chi connectivity index (χ1v) is 8.12. The van der Waals surface area contributed by atoms with Crippen molar-refractivity contribution in [3.63, 3.8) is 0 Å². The molecule has 1 N–H and O–H groups in total. The van der Waals surface area contributed by atoms with Crippen molar-refractivity contribution in [3.8, 4) is 6.07 Å². The molecule has 0 spiro atoms. The van der Waals surface area contributed by atoms with E-state index in [0.29, 0.717) is 0 Å². The second-order valence-corrected chi connectivity index (χ2v) is 6.27. The van der Waals surface area contributed by atoms with Crippen LogP contribution in [0.15, 0.2) is 24.3 Å². The zero-order valence-corrected chi connectivity index (χ0v) is 13.4. The quantitative estimate of drug-likeness (QED) is 0.836. The zero-order valence-electron chi connectivity index (χ0n) is 13.4. The predicted octanol–water partition coefficient (Wildman–Crippen LogP) is 3.11. The van der Waals surface area contributed by atoms with Crippen molar-refractivity contribution in [2.24, 2.45) is 0 Å². The Morgan fingerprint density at radius 3 is 2.81 bits per heavy atom. The van der Waals surface area contributed by atoms with Crippen molar-refractivity contribution in [2.75, 3.05) is 19.6 Å². The summed E-state index contributed by atoms with van der Waals surface area (Å²) in [5.74, 6) is 0. The average Bonchev–Trinajstić information content (AvgIpc) is 2.53.